The van der Waals surface area contributed by atoms with Crippen LogP contribution in [0.1, 0.15) is 51.4 Å². The molecule has 1 fully saturated rings. The number of piperazine rings is 1. The van der Waals surface area contributed by atoms with E-state index >= 15 is 0 Å². The van der Waals surface area contributed by atoms with E-state index in [1.807, 2.05) is 27.8 Å². The number of carbonyl (C=O) groups excluding carboxylic acids is 3. The van der Waals surface area contributed by atoms with Crippen molar-refractivity contribution >= 4 is 23.5 Å². The van der Waals surface area contributed by atoms with Crippen LogP contribution in [0, 0.1) is 0 Å². The first-order chi connectivity index (χ1) is 16.8. The van der Waals surface area contributed by atoms with Gasteiger partial charge in [0.25, 0.3) is 5.91 Å². The molecule has 206 valence electrons. The van der Waals surface area contributed by atoms with Crippen LogP contribution in [0.15, 0.2) is 49.8 Å². The Labute approximate surface area is 217 Å². The van der Waals surface area contributed by atoms with Crippen molar-refractivity contribution < 1.29 is 19.1 Å². The van der Waals surface area contributed by atoms with Gasteiger partial charge in [0.1, 0.15) is 0 Å². The second kappa shape index (κ2) is 23.4. The quantitative estimate of drug-likeness (QED) is 0.221. The Morgan fingerprint density at radius 1 is 1.11 bits per heavy atom. The first-order valence-corrected chi connectivity index (χ1v) is 11.7. The molecule has 2 rings (SSSR count). The van der Waals surface area contributed by atoms with Gasteiger partial charge in [0.05, 0.1) is 19.3 Å². The Balaban J connectivity index is -0.000000775. The summed E-state index contributed by atoms with van der Waals surface area (Å²) in [6.45, 7) is 15.0. The molecule has 2 amide bonds. The van der Waals surface area contributed by atoms with Gasteiger partial charge in [-0.05, 0) is 37.7 Å². The van der Waals surface area contributed by atoms with Crippen molar-refractivity contribution in [1.82, 2.24) is 15.1 Å². The minimum absolute atomic E-state index is 0. The first-order valence-electron chi connectivity index (χ1n) is 11.7. The van der Waals surface area contributed by atoms with Gasteiger partial charge < -0.3 is 25.6 Å². The summed E-state index contributed by atoms with van der Waals surface area (Å²) in [5.41, 5.74) is 6.44. The average Bonchev–Trinajstić information content (AvgIpc) is 2.90. The molecule has 0 unspecified atom stereocenters. The number of anilines is 1. The summed E-state index contributed by atoms with van der Waals surface area (Å²) in [6, 6.07) is 6.71. The van der Waals surface area contributed by atoms with Crippen molar-refractivity contribution in [3.63, 3.8) is 0 Å². The van der Waals surface area contributed by atoms with Crippen molar-refractivity contribution in [1.29, 1.82) is 0 Å². The number of benzene rings is 1. The molecule has 1 aliphatic heterocycles. The number of ether oxygens (including phenoxy) is 1. The zero-order valence-electron chi connectivity index (χ0n) is 22.0. The van der Waals surface area contributed by atoms with Crippen LogP contribution >= 0.6 is 0 Å². The molecule has 5 N–H and O–H groups in total. The Kier molecular flexibility index (Phi) is 24.1. The van der Waals surface area contributed by atoms with E-state index in [-0.39, 0.29) is 31.8 Å². The molecule has 0 spiro atoms. The third-order valence-electron chi connectivity index (χ3n) is 4.61. The minimum Gasteiger partial charge on any atom is -0.469 e. The van der Waals surface area contributed by atoms with Crippen LogP contribution < -0.4 is 21.9 Å². The maximum absolute atomic E-state index is 12.1. The maximum Gasteiger partial charge on any atom is 0.305 e. The van der Waals surface area contributed by atoms with Gasteiger partial charge in [-0.15, -0.1) is 13.2 Å². The van der Waals surface area contributed by atoms with Crippen LogP contribution in [-0.4, -0.2) is 74.5 Å². The third-order valence-corrected chi connectivity index (χ3v) is 4.61. The molecule has 36 heavy (non-hydrogen) atoms. The van der Waals surface area contributed by atoms with Crippen LogP contribution in [0.2, 0.25) is 0 Å². The molecule has 1 saturated heterocycles. The van der Waals surface area contributed by atoms with Gasteiger partial charge in [0.15, 0.2) is 0 Å². The van der Waals surface area contributed by atoms with Gasteiger partial charge in [-0.25, -0.2) is 5.84 Å². The lowest BCUT2D eigenvalue weighted by Gasteiger charge is -2.32. The monoisotopic (exact) mass is 508 g/mol. The fourth-order valence-electron chi connectivity index (χ4n) is 2.70. The van der Waals surface area contributed by atoms with Crippen molar-refractivity contribution in [2.24, 2.45) is 11.6 Å². The van der Waals surface area contributed by atoms with Gasteiger partial charge in [-0.1, -0.05) is 28.2 Å². The van der Waals surface area contributed by atoms with Gasteiger partial charge >= 0.3 is 5.97 Å². The Hall–Kier alpha value is -3.37. The van der Waals surface area contributed by atoms with Crippen molar-refractivity contribution in [3.8, 4) is 0 Å². The fourth-order valence-corrected chi connectivity index (χ4v) is 2.70. The van der Waals surface area contributed by atoms with E-state index in [4.69, 9.17) is 11.6 Å². The van der Waals surface area contributed by atoms with Crippen LogP contribution in [0.4, 0.5) is 5.69 Å². The highest BCUT2D eigenvalue weighted by Gasteiger charge is 2.19. The summed E-state index contributed by atoms with van der Waals surface area (Å²) < 4.78 is 4.35. The molecule has 0 bridgehead atoms. The second-order valence-corrected chi connectivity index (χ2v) is 6.99. The number of esters is 1. The summed E-state index contributed by atoms with van der Waals surface area (Å²) in [6.07, 6.45) is 4.23. The van der Waals surface area contributed by atoms with Gasteiger partial charge in [0.2, 0.25) is 5.91 Å². The minimum atomic E-state index is -0.290. The van der Waals surface area contributed by atoms with Crippen molar-refractivity contribution in [3.05, 3.63) is 55.4 Å². The highest BCUT2D eigenvalue weighted by atomic mass is 16.5. The van der Waals surface area contributed by atoms with Crippen LogP contribution in [0.5, 0.6) is 0 Å². The summed E-state index contributed by atoms with van der Waals surface area (Å²) in [5, 5.41) is 4.00. The van der Waals surface area contributed by atoms with E-state index in [0.29, 0.717) is 30.8 Å². The van der Waals surface area contributed by atoms with Crippen LogP contribution in [0.25, 0.3) is 0 Å². The third kappa shape index (κ3) is 15.5. The number of rotatable bonds is 7. The molecule has 0 aliphatic carbocycles. The fraction of sp³-hybridized carbons (Fsp3) is 0.500. The standard InChI is InChI=1S/C16H24N6O2.C5H10O2.C2H6.C2H4.CH4/c1-20-8-10-21(11-9-20)15(23)12-19-16(24)13-2-4-14(5-3-13)22(18)7-6-17;1-3-4-5(6)7-2;2*1-2;/h2-7H,8-12,17-18H2,1H3,(H,19,24);3-4H2,1-2H3;1-2H3;1-2H2;1H4/b7-6-;;;;. The number of likely N-dealkylation sites (N-methyl/N-ethyl adjacent to an activating group) is 1. The molecule has 0 aromatic heterocycles. The predicted octanol–water partition coefficient (Wildman–Crippen LogP) is 2.72. The number of amides is 2. The van der Waals surface area contributed by atoms with Crippen molar-refractivity contribution in [2.75, 3.05) is 51.9 Å². The van der Waals surface area contributed by atoms with Crippen LogP contribution in [0.3, 0.4) is 0 Å². The topological polar surface area (TPSA) is 134 Å². The van der Waals surface area contributed by atoms with Gasteiger partial charge in [-0.2, -0.15) is 0 Å². The van der Waals surface area contributed by atoms with Crippen LogP contribution in [-0.2, 0) is 14.3 Å². The lowest BCUT2D eigenvalue weighted by atomic mass is 10.2. The number of nitrogens with two attached hydrogens (primary N) is 2. The molecule has 10 heteroatoms. The molecular formula is C26H48N6O4. The molecular weight excluding hydrogens is 460 g/mol. The number of hydrogen-bond acceptors (Lipinski definition) is 8. The normalized spacial score (nSPS) is 12.2. The molecule has 1 aromatic carbocycles. The van der Waals surface area contributed by atoms with Gasteiger partial charge in [-0.3, -0.25) is 19.4 Å². The zero-order chi connectivity index (χ0) is 27.2. The van der Waals surface area contributed by atoms with E-state index in [9.17, 15) is 14.4 Å². The van der Waals surface area contributed by atoms with E-state index in [1.165, 1.54) is 24.5 Å². The highest BCUT2D eigenvalue weighted by molar-refractivity contribution is 5.96. The smallest absolute Gasteiger partial charge is 0.305 e. The van der Waals surface area contributed by atoms with E-state index < -0.39 is 0 Å². The van der Waals surface area contributed by atoms with Gasteiger partial charge in [0, 0.05) is 50.6 Å². The molecule has 0 atom stereocenters. The zero-order valence-corrected chi connectivity index (χ0v) is 22.0. The first kappa shape index (κ1) is 37.2. The number of nitrogens with one attached hydrogen (secondary N) is 1. The van der Waals surface area contributed by atoms with E-state index in [0.717, 1.165) is 19.5 Å². The number of methoxy groups -OCH3 is 1. The lowest BCUT2D eigenvalue weighted by Crippen LogP contribution is -2.50. The molecule has 1 aliphatic rings. The molecule has 10 nitrogen and oxygen atoms in total. The Morgan fingerprint density at radius 2 is 1.64 bits per heavy atom. The molecule has 1 aromatic rings. The summed E-state index contributed by atoms with van der Waals surface area (Å²) >= 11 is 0. The number of hydrogen-bond donors (Lipinski definition) is 3. The predicted molar refractivity (Wildman–Crippen MR) is 149 cm³/mol. The molecule has 0 radical (unpaired) electrons. The highest BCUT2D eigenvalue weighted by Crippen LogP contribution is 2.12. The SMILES string of the molecule is C.C=C.CC.CCCC(=O)OC.CN1CCN(C(=O)CNC(=O)c2ccc(N(N)/C=C\N)cc2)CC1. The lowest BCUT2D eigenvalue weighted by molar-refractivity contribution is -0.140. The number of hydrazine groups is 1. The molecule has 0 saturated carbocycles. The Bertz CT molecular complexity index is 747. The largest absolute Gasteiger partial charge is 0.469 e. The summed E-state index contributed by atoms with van der Waals surface area (Å²) in [4.78, 5) is 38.4. The Morgan fingerprint density at radius 3 is 2.06 bits per heavy atom. The number of nitrogens with zero attached hydrogens (tertiary/aromatic N) is 3. The second-order valence-electron chi connectivity index (χ2n) is 6.99. The van der Waals surface area contributed by atoms with E-state index in [1.54, 1.807) is 29.2 Å². The number of carbonyl (C=O) groups is 3. The summed E-state index contributed by atoms with van der Waals surface area (Å²) in [5.74, 6) is 5.26. The van der Waals surface area contributed by atoms with E-state index in [2.05, 4.69) is 28.1 Å². The molecule has 1 heterocycles. The summed E-state index contributed by atoms with van der Waals surface area (Å²) in [7, 11) is 3.43. The maximum atomic E-state index is 12.1. The average molecular weight is 509 g/mol. The van der Waals surface area contributed by atoms with Crippen molar-refractivity contribution in [2.45, 2.75) is 41.0 Å².